The second kappa shape index (κ2) is 11.6. The molecule has 4 aromatic carbocycles. The molecule has 35 heavy (non-hydrogen) atoms. The highest BCUT2D eigenvalue weighted by Gasteiger charge is 2.19. The van der Waals surface area contributed by atoms with E-state index in [9.17, 15) is 0 Å². The Hall–Kier alpha value is -3.70. The van der Waals surface area contributed by atoms with E-state index in [4.69, 9.17) is 18.9 Å². The highest BCUT2D eigenvalue weighted by atomic mass is 16.5. The van der Waals surface area contributed by atoms with E-state index in [0.29, 0.717) is 52.7 Å². The van der Waals surface area contributed by atoms with E-state index in [2.05, 4.69) is 76.7 Å². The molecule has 0 saturated carbocycles. The monoisotopic (exact) mass is 468 g/mol. The third-order valence-corrected chi connectivity index (χ3v) is 5.84. The maximum atomic E-state index is 6.30. The molecule has 0 spiro atoms. The summed E-state index contributed by atoms with van der Waals surface area (Å²) < 4.78 is 24.0. The van der Waals surface area contributed by atoms with Crippen molar-refractivity contribution in [3.63, 3.8) is 0 Å². The Kier molecular flexibility index (Phi) is 7.66. The van der Waals surface area contributed by atoms with E-state index >= 15 is 0 Å². The molecule has 6 heteroatoms. The van der Waals surface area contributed by atoms with Gasteiger partial charge in [-0.2, -0.15) is 0 Å². The first-order valence-electron chi connectivity index (χ1n) is 11.9. The molecule has 0 bridgehead atoms. The van der Waals surface area contributed by atoms with Crippen LogP contribution in [0.2, 0.25) is 0 Å². The van der Waals surface area contributed by atoms with Crippen molar-refractivity contribution in [1.82, 2.24) is 0 Å². The predicted octanol–water partition coefficient (Wildman–Crippen LogP) is 5.64. The topological polar surface area (TPSA) is 61.6 Å². The highest BCUT2D eigenvalue weighted by molar-refractivity contribution is 6.09. The summed E-state index contributed by atoms with van der Waals surface area (Å²) in [4.78, 5) is 8.23. The van der Waals surface area contributed by atoms with Gasteiger partial charge in [-0.25, -0.2) is 9.98 Å². The number of nitrogens with zero attached hydrogens (tertiary/aromatic N) is 2. The largest absolute Gasteiger partial charge is 0.491 e. The molecule has 0 radical (unpaired) electrons. The Morgan fingerprint density at radius 1 is 0.514 bits per heavy atom. The van der Waals surface area contributed by atoms with E-state index in [0.717, 1.165) is 44.2 Å². The molecule has 0 aromatic heterocycles. The lowest BCUT2D eigenvalue weighted by Gasteiger charge is -2.20. The zero-order valence-corrected chi connectivity index (χ0v) is 19.6. The van der Waals surface area contributed by atoms with E-state index < -0.39 is 0 Å². The average molecular weight is 469 g/mol. The Labute approximate surface area is 204 Å². The van der Waals surface area contributed by atoms with E-state index in [1.165, 1.54) is 0 Å². The van der Waals surface area contributed by atoms with Crippen molar-refractivity contribution in [1.29, 1.82) is 0 Å². The lowest BCUT2D eigenvalue weighted by atomic mass is 9.92. The lowest BCUT2D eigenvalue weighted by molar-refractivity contribution is 0.106. The van der Waals surface area contributed by atoms with Crippen LogP contribution >= 0.6 is 0 Å². The van der Waals surface area contributed by atoms with Crippen LogP contribution < -0.4 is 9.47 Å². The standard InChI is InChI=1S/C29H28N2O4/c1-3-7-24-22(5-1)9-11-26-28(24)29-25-8-4-2-6-23(25)10-12-27(29)35-20-18-33-16-14-31-21-30-13-15-32-17-19-34-26/h1-12H,13-20H2. The van der Waals surface area contributed by atoms with Gasteiger partial charge in [-0.3, -0.25) is 0 Å². The Balaban J connectivity index is 1.60. The molecule has 1 heterocycles. The van der Waals surface area contributed by atoms with Gasteiger partial charge in [-0.15, -0.1) is 0 Å². The molecule has 0 saturated heterocycles. The molecule has 178 valence electrons. The Bertz CT molecular complexity index is 1260. The van der Waals surface area contributed by atoms with Gasteiger partial charge in [0.1, 0.15) is 24.7 Å². The number of hydrogen-bond acceptors (Lipinski definition) is 6. The number of rotatable bonds is 0. The highest BCUT2D eigenvalue weighted by Crippen LogP contribution is 2.45. The molecular formula is C29H28N2O4. The number of ether oxygens (including phenoxy) is 4. The molecular weight excluding hydrogens is 440 g/mol. The first kappa shape index (κ1) is 23.1. The van der Waals surface area contributed by atoms with Crippen LogP contribution in [-0.4, -0.2) is 58.7 Å². The summed E-state index contributed by atoms with van der Waals surface area (Å²) >= 11 is 0. The minimum Gasteiger partial charge on any atom is -0.491 e. The zero-order chi connectivity index (χ0) is 23.7. The van der Waals surface area contributed by atoms with Crippen molar-refractivity contribution < 1.29 is 18.9 Å². The number of hydrogen-bond donors (Lipinski definition) is 0. The summed E-state index contributed by atoms with van der Waals surface area (Å²) in [6.45, 7) is 3.80. The van der Waals surface area contributed by atoms with Gasteiger partial charge in [0.2, 0.25) is 0 Å². The number of fused-ring (bicyclic) bond motifs is 7. The molecule has 6 nitrogen and oxygen atoms in total. The molecule has 5 rings (SSSR count). The van der Waals surface area contributed by atoms with Crippen LogP contribution in [0, 0.1) is 0 Å². The number of aliphatic imine (C=N–C) groups is 2. The van der Waals surface area contributed by atoms with Crippen LogP contribution in [0.3, 0.4) is 0 Å². The van der Waals surface area contributed by atoms with Crippen molar-refractivity contribution in [2.45, 2.75) is 0 Å². The predicted molar refractivity (Wildman–Crippen MR) is 139 cm³/mol. The van der Waals surface area contributed by atoms with Crippen molar-refractivity contribution in [2.24, 2.45) is 9.98 Å². The minimum atomic E-state index is 0.429. The quantitative estimate of drug-likeness (QED) is 0.335. The molecule has 1 aliphatic heterocycles. The fourth-order valence-corrected chi connectivity index (χ4v) is 4.25. The summed E-state index contributed by atoms with van der Waals surface area (Å²) in [7, 11) is 0. The third-order valence-electron chi connectivity index (χ3n) is 5.84. The average Bonchev–Trinajstić information content (AvgIpc) is 2.90. The second-order valence-electron chi connectivity index (χ2n) is 8.10. The van der Waals surface area contributed by atoms with Crippen LogP contribution in [0.15, 0.2) is 82.8 Å². The van der Waals surface area contributed by atoms with E-state index in [-0.39, 0.29) is 0 Å². The van der Waals surface area contributed by atoms with Crippen molar-refractivity contribution in [3.8, 4) is 22.6 Å². The Morgan fingerprint density at radius 2 is 1.00 bits per heavy atom. The second-order valence-corrected chi connectivity index (χ2v) is 8.10. The maximum absolute atomic E-state index is 6.30. The van der Waals surface area contributed by atoms with Gasteiger partial charge >= 0.3 is 0 Å². The summed E-state index contributed by atoms with van der Waals surface area (Å²) in [5.74, 6) is 1.60. The molecule has 0 amide bonds. The van der Waals surface area contributed by atoms with Gasteiger partial charge < -0.3 is 18.9 Å². The number of benzene rings is 4. The van der Waals surface area contributed by atoms with Gasteiger partial charge in [-0.1, -0.05) is 60.7 Å². The molecule has 4 aromatic rings. The van der Waals surface area contributed by atoms with Crippen molar-refractivity contribution in [3.05, 3.63) is 72.8 Å². The zero-order valence-electron chi connectivity index (χ0n) is 19.6. The van der Waals surface area contributed by atoms with Crippen LogP contribution in [0.5, 0.6) is 11.5 Å². The van der Waals surface area contributed by atoms with Crippen molar-refractivity contribution >= 4 is 27.6 Å². The summed E-state index contributed by atoms with van der Waals surface area (Å²) in [6.07, 6.45) is 0. The normalized spacial score (nSPS) is 15.8. The fraction of sp³-hybridized carbons (Fsp3) is 0.276. The third kappa shape index (κ3) is 5.52. The molecule has 0 aliphatic carbocycles. The summed E-state index contributed by atoms with van der Waals surface area (Å²) in [6, 6.07) is 27.7. The Morgan fingerprint density at radius 3 is 1.51 bits per heavy atom. The van der Waals surface area contributed by atoms with Crippen LogP contribution in [0.25, 0.3) is 32.7 Å². The lowest BCUT2D eigenvalue weighted by Crippen LogP contribution is -2.10. The first-order valence-corrected chi connectivity index (χ1v) is 11.9. The summed E-state index contributed by atoms with van der Waals surface area (Å²) in [5.41, 5.74) is 2.04. The van der Waals surface area contributed by atoms with Gasteiger partial charge in [-0.05, 0) is 33.7 Å². The SMILES string of the molecule is C1=NCCOCCOc2ccc3ccccc3c2-c2c(ccc3ccccc23)OCCOCCN=1. The van der Waals surface area contributed by atoms with Gasteiger partial charge in [0.25, 0.3) is 0 Å². The molecule has 0 unspecified atom stereocenters. The maximum Gasteiger partial charge on any atom is 0.128 e. The minimum absolute atomic E-state index is 0.429. The van der Waals surface area contributed by atoms with Gasteiger partial charge in [0.05, 0.1) is 45.5 Å². The van der Waals surface area contributed by atoms with Gasteiger partial charge in [0.15, 0.2) is 0 Å². The molecule has 1 aliphatic rings. The van der Waals surface area contributed by atoms with Gasteiger partial charge in [0, 0.05) is 11.1 Å². The molecule has 0 atom stereocenters. The van der Waals surface area contributed by atoms with Crippen LogP contribution in [0.1, 0.15) is 0 Å². The van der Waals surface area contributed by atoms with Crippen molar-refractivity contribution in [2.75, 3.05) is 52.7 Å². The molecule has 0 N–H and O–H groups in total. The first-order chi connectivity index (χ1) is 17.4. The fourth-order valence-electron chi connectivity index (χ4n) is 4.25. The summed E-state index contributed by atoms with van der Waals surface area (Å²) in [5, 5.41) is 4.51. The smallest absolute Gasteiger partial charge is 0.128 e. The van der Waals surface area contributed by atoms with E-state index in [1.54, 1.807) is 0 Å². The van der Waals surface area contributed by atoms with E-state index in [1.807, 2.05) is 12.1 Å². The van der Waals surface area contributed by atoms with Crippen LogP contribution in [0.4, 0.5) is 0 Å². The molecule has 0 fully saturated rings. The van der Waals surface area contributed by atoms with Crippen LogP contribution in [-0.2, 0) is 9.47 Å².